The van der Waals surface area contributed by atoms with Crippen molar-refractivity contribution in [2.45, 2.75) is 0 Å². The number of hydrogen-bond acceptors (Lipinski definition) is 1. The number of fused-ring (bicyclic) bond motifs is 8. The largest absolute Gasteiger partial charge is 0.456 e. The van der Waals surface area contributed by atoms with Crippen LogP contribution in [-0.4, -0.2) is 4.57 Å². The molecule has 0 aliphatic heterocycles. The fourth-order valence-corrected chi connectivity index (χ4v) is 7.44. The standard InChI is InChI=1S/C44H27NO/c1-3-11-34-31(9-1)25-32-10-2-4-12-35(32)44(34)28-17-21-33(22-18-28)45-40-15-7-5-13-36(40)38-26-29(19-23-41(38)45)30-20-24-43-39(27-30)37-14-6-8-16-42(37)46-43/h1-27H. The molecule has 0 bridgehead atoms. The fourth-order valence-electron chi connectivity index (χ4n) is 7.44. The zero-order valence-corrected chi connectivity index (χ0v) is 24.9. The second-order valence-electron chi connectivity index (χ2n) is 12.1. The van der Waals surface area contributed by atoms with E-state index in [1.165, 1.54) is 65.6 Å². The predicted octanol–water partition coefficient (Wildman–Crippen LogP) is 12.3. The molecule has 0 saturated heterocycles. The third-order valence-electron chi connectivity index (χ3n) is 9.57. The van der Waals surface area contributed by atoms with E-state index < -0.39 is 0 Å². The molecule has 0 atom stereocenters. The summed E-state index contributed by atoms with van der Waals surface area (Å²) in [5, 5.41) is 9.87. The van der Waals surface area contributed by atoms with Crippen LogP contribution in [0.15, 0.2) is 168 Å². The van der Waals surface area contributed by atoms with E-state index in [2.05, 4.69) is 156 Å². The maximum Gasteiger partial charge on any atom is 0.135 e. The molecule has 0 radical (unpaired) electrons. The molecular formula is C44H27NO. The van der Waals surface area contributed by atoms with Crippen LogP contribution < -0.4 is 0 Å². The third kappa shape index (κ3) is 3.71. The first-order valence-corrected chi connectivity index (χ1v) is 15.8. The van der Waals surface area contributed by atoms with Gasteiger partial charge in [-0.25, -0.2) is 0 Å². The van der Waals surface area contributed by atoms with Crippen LogP contribution in [0.4, 0.5) is 0 Å². The molecule has 0 aliphatic carbocycles. The lowest BCUT2D eigenvalue weighted by Crippen LogP contribution is -1.94. The minimum Gasteiger partial charge on any atom is -0.456 e. The quantitative estimate of drug-likeness (QED) is 0.189. The second kappa shape index (κ2) is 9.69. The first-order valence-electron chi connectivity index (χ1n) is 15.8. The monoisotopic (exact) mass is 585 g/mol. The van der Waals surface area contributed by atoms with Crippen molar-refractivity contribution in [1.82, 2.24) is 4.57 Å². The summed E-state index contributed by atoms with van der Waals surface area (Å²) in [5.41, 5.74) is 10.3. The van der Waals surface area contributed by atoms with E-state index in [1.54, 1.807) is 0 Å². The lowest BCUT2D eigenvalue weighted by atomic mass is 9.92. The number of hydrogen-bond donors (Lipinski definition) is 0. The van der Waals surface area contributed by atoms with E-state index in [-0.39, 0.29) is 0 Å². The van der Waals surface area contributed by atoms with E-state index >= 15 is 0 Å². The molecule has 0 amide bonds. The molecule has 2 nitrogen and oxygen atoms in total. The van der Waals surface area contributed by atoms with Crippen LogP contribution in [0.2, 0.25) is 0 Å². The van der Waals surface area contributed by atoms with E-state index in [0.717, 1.165) is 27.6 Å². The van der Waals surface area contributed by atoms with Crippen molar-refractivity contribution in [3.8, 4) is 27.9 Å². The van der Waals surface area contributed by atoms with Crippen molar-refractivity contribution in [1.29, 1.82) is 0 Å². The lowest BCUT2D eigenvalue weighted by Gasteiger charge is -2.14. The smallest absolute Gasteiger partial charge is 0.135 e. The van der Waals surface area contributed by atoms with E-state index in [1.807, 2.05) is 12.1 Å². The van der Waals surface area contributed by atoms with Gasteiger partial charge >= 0.3 is 0 Å². The highest BCUT2D eigenvalue weighted by Gasteiger charge is 2.15. The van der Waals surface area contributed by atoms with Gasteiger partial charge in [0.25, 0.3) is 0 Å². The minimum absolute atomic E-state index is 0.919. The van der Waals surface area contributed by atoms with Crippen molar-refractivity contribution >= 4 is 65.3 Å². The van der Waals surface area contributed by atoms with Gasteiger partial charge in [-0.1, -0.05) is 109 Å². The minimum atomic E-state index is 0.919. The summed E-state index contributed by atoms with van der Waals surface area (Å²) in [5.74, 6) is 0. The van der Waals surface area contributed by atoms with E-state index in [9.17, 15) is 0 Å². The molecule has 0 unspecified atom stereocenters. The first kappa shape index (κ1) is 25.2. The number of aromatic nitrogens is 1. The highest BCUT2D eigenvalue weighted by molar-refractivity contribution is 6.13. The van der Waals surface area contributed by atoms with Gasteiger partial charge in [-0.3, -0.25) is 0 Å². The Balaban J connectivity index is 1.13. The first-order chi connectivity index (χ1) is 22.8. The van der Waals surface area contributed by atoms with Gasteiger partial charge < -0.3 is 8.98 Å². The van der Waals surface area contributed by atoms with Gasteiger partial charge in [0, 0.05) is 27.2 Å². The van der Waals surface area contributed by atoms with Gasteiger partial charge in [-0.05, 0) is 98.4 Å². The van der Waals surface area contributed by atoms with Crippen molar-refractivity contribution in [2.24, 2.45) is 0 Å². The van der Waals surface area contributed by atoms with Gasteiger partial charge in [0.1, 0.15) is 11.2 Å². The summed E-state index contributed by atoms with van der Waals surface area (Å²) in [7, 11) is 0. The third-order valence-corrected chi connectivity index (χ3v) is 9.57. The van der Waals surface area contributed by atoms with Crippen molar-refractivity contribution < 1.29 is 4.42 Å². The van der Waals surface area contributed by atoms with Crippen LogP contribution in [-0.2, 0) is 0 Å². The molecule has 0 saturated carbocycles. The van der Waals surface area contributed by atoms with Gasteiger partial charge in [-0.2, -0.15) is 0 Å². The van der Waals surface area contributed by atoms with Gasteiger partial charge in [-0.15, -0.1) is 0 Å². The zero-order chi connectivity index (χ0) is 30.2. The maximum atomic E-state index is 6.10. The number of rotatable bonds is 3. The van der Waals surface area contributed by atoms with Crippen LogP contribution in [0.3, 0.4) is 0 Å². The van der Waals surface area contributed by atoms with Crippen LogP contribution in [0, 0.1) is 0 Å². The topological polar surface area (TPSA) is 18.1 Å². The Bertz CT molecular complexity index is 2740. The summed E-state index contributed by atoms with van der Waals surface area (Å²) in [6.45, 7) is 0. The van der Waals surface area contributed by atoms with E-state index in [0.29, 0.717) is 0 Å². The molecule has 8 aromatic carbocycles. The Kier molecular flexibility index (Phi) is 5.31. The summed E-state index contributed by atoms with van der Waals surface area (Å²) in [6, 6.07) is 59.2. The Morgan fingerprint density at radius 2 is 0.891 bits per heavy atom. The summed E-state index contributed by atoms with van der Waals surface area (Å²) in [6.07, 6.45) is 0. The van der Waals surface area contributed by atoms with Gasteiger partial charge in [0.2, 0.25) is 0 Å². The normalized spacial score (nSPS) is 11.9. The number of nitrogens with zero attached hydrogens (tertiary/aromatic N) is 1. The zero-order valence-electron chi connectivity index (χ0n) is 24.9. The molecule has 10 rings (SSSR count). The molecule has 0 N–H and O–H groups in total. The summed E-state index contributed by atoms with van der Waals surface area (Å²) in [4.78, 5) is 0. The van der Waals surface area contributed by atoms with Gasteiger partial charge in [0.15, 0.2) is 0 Å². The highest BCUT2D eigenvalue weighted by atomic mass is 16.3. The van der Waals surface area contributed by atoms with Crippen molar-refractivity contribution in [3.63, 3.8) is 0 Å². The predicted molar refractivity (Wildman–Crippen MR) is 194 cm³/mol. The SMILES string of the molecule is c1ccc2c(-c3ccc(-n4c5ccccc5c5cc(-c6ccc7oc8ccccc8c7c6)ccc54)cc3)c3ccccc3cc2c1. The Hall–Kier alpha value is -6.12. The molecule has 214 valence electrons. The van der Waals surface area contributed by atoms with Gasteiger partial charge in [0.05, 0.1) is 11.0 Å². The Morgan fingerprint density at radius 3 is 1.65 bits per heavy atom. The molecule has 2 heteroatoms. The Morgan fingerprint density at radius 1 is 0.348 bits per heavy atom. The number of furan rings is 1. The summed E-state index contributed by atoms with van der Waals surface area (Å²) < 4.78 is 8.49. The molecule has 0 aliphatic rings. The molecule has 0 fully saturated rings. The lowest BCUT2D eigenvalue weighted by molar-refractivity contribution is 0.669. The van der Waals surface area contributed by atoms with Crippen LogP contribution in [0.5, 0.6) is 0 Å². The molecule has 10 aromatic rings. The molecule has 2 heterocycles. The Labute approximate surface area is 265 Å². The molecule has 46 heavy (non-hydrogen) atoms. The number of para-hydroxylation sites is 2. The molecule has 2 aromatic heterocycles. The fraction of sp³-hybridized carbons (Fsp3) is 0. The van der Waals surface area contributed by atoms with Crippen LogP contribution in [0.25, 0.3) is 93.2 Å². The van der Waals surface area contributed by atoms with Crippen molar-refractivity contribution in [3.05, 3.63) is 164 Å². The highest BCUT2D eigenvalue weighted by Crippen LogP contribution is 2.39. The molecule has 0 spiro atoms. The number of benzene rings is 8. The average Bonchev–Trinajstić information content (AvgIpc) is 3.66. The average molecular weight is 586 g/mol. The summed E-state index contributed by atoms with van der Waals surface area (Å²) >= 11 is 0. The van der Waals surface area contributed by atoms with Crippen LogP contribution in [0.1, 0.15) is 0 Å². The molecular weight excluding hydrogens is 558 g/mol. The second-order valence-corrected chi connectivity index (χ2v) is 12.1. The van der Waals surface area contributed by atoms with E-state index in [4.69, 9.17) is 4.42 Å². The van der Waals surface area contributed by atoms with Crippen LogP contribution >= 0.6 is 0 Å². The maximum absolute atomic E-state index is 6.10. The van der Waals surface area contributed by atoms with Crippen molar-refractivity contribution in [2.75, 3.05) is 0 Å².